The Kier molecular flexibility index (Phi) is 4.03. The highest BCUT2D eigenvalue weighted by Crippen LogP contribution is 2.26. The van der Waals surface area contributed by atoms with Crippen LogP contribution >= 0.6 is 27.5 Å². The molecule has 1 aromatic rings. The van der Waals surface area contributed by atoms with Crippen molar-refractivity contribution in [3.8, 4) is 0 Å². The molecule has 6 heteroatoms. The molecule has 0 aromatic heterocycles. The summed E-state index contributed by atoms with van der Waals surface area (Å²) >= 11 is 8.82. The van der Waals surface area contributed by atoms with E-state index in [9.17, 15) is 13.2 Å². The maximum atomic E-state index is 12.2. The average Bonchev–Trinajstić information content (AvgIpc) is 2.09. The van der Waals surface area contributed by atoms with Gasteiger partial charge in [-0.2, -0.15) is 13.2 Å². The first kappa shape index (κ1) is 12.8. The molecular weight excluding hydrogens is 294 g/mol. The summed E-state index contributed by atoms with van der Waals surface area (Å²) in [4.78, 5) is 0. The topological polar surface area (TPSA) is 26.0 Å². The van der Waals surface area contributed by atoms with Crippen molar-refractivity contribution in [3.05, 3.63) is 33.3 Å². The van der Waals surface area contributed by atoms with Gasteiger partial charge in [-0.15, -0.1) is 0 Å². The predicted molar refractivity (Wildman–Crippen MR) is 56.9 cm³/mol. The lowest BCUT2D eigenvalue weighted by atomic mass is 10.1. The fourth-order valence-electron chi connectivity index (χ4n) is 1.05. The van der Waals surface area contributed by atoms with Gasteiger partial charge in [-0.25, -0.2) is 0 Å². The van der Waals surface area contributed by atoms with Crippen LogP contribution in [-0.2, 0) is 6.42 Å². The second-order valence-corrected chi connectivity index (χ2v) is 4.38. The summed E-state index contributed by atoms with van der Waals surface area (Å²) in [7, 11) is 0. The van der Waals surface area contributed by atoms with Crippen molar-refractivity contribution in [1.82, 2.24) is 0 Å². The van der Waals surface area contributed by atoms with Crippen LogP contribution in [0.4, 0.5) is 13.2 Å². The molecule has 0 heterocycles. The fraction of sp³-hybridized carbons (Fsp3) is 0.333. The summed E-state index contributed by atoms with van der Waals surface area (Å²) in [6, 6.07) is 2.79. The monoisotopic (exact) mass is 301 g/mol. The summed E-state index contributed by atoms with van der Waals surface area (Å²) in [5.74, 6) is 0. The van der Waals surface area contributed by atoms with Crippen molar-refractivity contribution < 1.29 is 13.2 Å². The van der Waals surface area contributed by atoms with Gasteiger partial charge >= 0.3 is 6.18 Å². The molecule has 1 unspecified atom stereocenters. The molecule has 0 aliphatic heterocycles. The van der Waals surface area contributed by atoms with Gasteiger partial charge in [-0.1, -0.05) is 27.5 Å². The zero-order valence-corrected chi connectivity index (χ0v) is 9.83. The van der Waals surface area contributed by atoms with Crippen molar-refractivity contribution in [2.24, 2.45) is 5.73 Å². The maximum Gasteiger partial charge on any atom is 0.403 e. The molecule has 1 nitrogen and oxygen atoms in total. The van der Waals surface area contributed by atoms with E-state index in [0.29, 0.717) is 15.1 Å². The van der Waals surface area contributed by atoms with Crippen LogP contribution in [0.25, 0.3) is 0 Å². The minimum absolute atomic E-state index is 0.287. The predicted octanol–water partition coefficient (Wildman–Crippen LogP) is 3.53. The summed E-state index contributed by atoms with van der Waals surface area (Å²) in [6.07, 6.45) is -4.67. The molecule has 1 atom stereocenters. The molecule has 0 fully saturated rings. The Morgan fingerprint density at radius 1 is 1.40 bits per heavy atom. The van der Waals surface area contributed by atoms with E-state index in [2.05, 4.69) is 15.9 Å². The number of hydrogen-bond donors (Lipinski definition) is 1. The highest BCUT2D eigenvalue weighted by atomic mass is 79.9. The van der Waals surface area contributed by atoms with Crippen molar-refractivity contribution in [3.63, 3.8) is 0 Å². The van der Waals surface area contributed by atoms with Crippen LogP contribution in [0.3, 0.4) is 0 Å². The Bertz CT molecular complexity index is 354. The zero-order chi connectivity index (χ0) is 11.6. The smallest absolute Gasteiger partial charge is 0.320 e. The van der Waals surface area contributed by atoms with Crippen LogP contribution in [-0.4, -0.2) is 12.2 Å². The van der Waals surface area contributed by atoms with Gasteiger partial charge in [0.1, 0.15) is 6.04 Å². The lowest BCUT2D eigenvalue weighted by Crippen LogP contribution is -2.39. The van der Waals surface area contributed by atoms with Crippen LogP contribution in [0, 0.1) is 0 Å². The van der Waals surface area contributed by atoms with E-state index in [1.807, 2.05) is 0 Å². The van der Waals surface area contributed by atoms with Crippen LogP contribution in [0.15, 0.2) is 22.7 Å². The quantitative estimate of drug-likeness (QED) is 0.888. The van der Waals surface area contributed by atoms with Crippen molar-refractivity contribution in [1.29, 1.82) is 0 Å². The van der Waals surface area contributed by atoms with E-state index in [-0.39, 0.29) is 6.42 Å². The van der Waals surface area contributed by atoms with Gasteiger partial charge in [0.15, 0.2) is 0 Å². The number of alkyl halides is 3. The van der Waals surface area contributed by atoms with Crippen molar-refractivity contribution in [2.45, 2.75) is 18.6 Å². The molecule has 0 saturated heterocycles. The second kappa shape index (κ2) is 4.72. The highest BCUT2D eigenvalue weighted by Gasteiger charge is 2.36. The standard InChI is InChI=1S/C9H8BrClF3N/c10-7-2-1-6(11)3-5(7)4-8(15)9(12,13)14/h1-3,8H,4,15H2. The molecule has 0 saturated carbocycles. The summed E-state index contributed by atoms with van der Waals surface area (Å²) < 4.78 is 37.2. The molecular formula is C9H8BrClF3N. The first-order valence-corrected chi connectivity index (χ1v) is 5.24. The molecule has 0 aliphatic rings. The normalized spacial score (nSPS) is 14.0. The number of rotatable bonds is 2. The van der Waals surface area contributed by atoms with Crippen LogP contribution in [0.2, 0.25) is 5.02 Å². The Morgan fingerprint density at radius 3 is 2.53 bits per heavy atom. The third kappa shape index (κ3) is 3.66. The fourth-order valence-corrected chi connectivity index (χ4v) is 1.66. The molecule has 0 aliphatic carbocycles. The van der Waals surface area contributed by atoms with Crippen LogP contribution in [0.1, 0.15) is 5.56 Å². The third-order valence-corrected chi connectivity index (χ3v) is 2.88. The summed E-state index contributed by atoms with van der Waals surface area (Å²) in [5, 5.41) is 0.391. The molecule has 84 valence electrons. The highest BCUT2D eigenvalue weighted by molar-refractivity contribution is 9.10. The summed E-state index contributed by atoms with van der Waals surface area (Å²) in [6.45, 7) is 0. The summed E-state index contributed by atoms with van der Waals surface area (Å²) in [5.41, 5.74) is 5.46. The maximum absolute atomic E-state index is 12.2. The number of halogens is 5. The van der Waals surface area contributed by atoms with Gasteiger partial charge in [0, 0.05) is 9.50 Å². The average molecular weight is 303 g/mol. The lowest BCUT2D eigenvalue weighted by Gasteiger charge is -2.16. The third-order valence-electron chi connectivity index (χ3n) is 1.87. The van der Waals surface area contributed by atoms with E-state index in [1.54, 1.807) is 12.1 Å². The first-order valence-electron chi connectivity index (χ1n) is 4.07. The molecule has 1 rings (SSSR count). The van der Waals surface area contributed by atoms with E-state index < -0.39 is 12.2 Å². The van der Waals surface area contributed by atoms with Crippen LogP contribution in [0.5, 0.6) is 0 Å². The Labute approximate surface area is 98.5 Å². The van der Waals surface area contributed by atoms with Gasteiger partial charge in [0.2, 0.25) is 0 Å². The van der Waals surface area contributed by atoms with Crippen LogP contribution < -0.4 is 5.73 Å². The van der Waals surface area contributed by atoms with Gasteiger partial charge in [0.05, 0.1) is 0 Å². The number of nitrogens with two attached hydrogens (primary N) is 1. The minimum atomic E-state index is -4.39. The van der Waals surface area contributed by atoms with Gasteiger partial charge in [0.25, 0.3) is 0 Å². The van der Waals surface area contributed by atoms with Gasteiger partial charge < -0.3 is 5.73 Å². The van der Waals surface area contributed by atoms with E-state index in [1.165, 1.54) is 6.07 Å². The van der Waals surface area contributed by atoms with E-state index in [0.717, 1.165) is 0 Å². The van der Waals surface area contributed by atoms with E-state index >= 15 is 0 Å². The van der Waals surface area contributed by atoms with Gasteiger partial charge in [-0.3, -0.25) is 0 Å². The molecule has 0 bridgehead atoms. The second-order valence-electron chi connectivity index (χ2n) is 3.09. The largest absolute Gasteiger partial charge is 0.403 e. The van der Waals surface area contributed by atoms with Crippen molar-refractivity contribution in [2.75, 3.05) is 0 Å². The Balaban J connectivity index is 2.85. The number of benzene rings is 1. The zero-order valence-electron chi connectivity index (χ0n) is 7.48. The van der Waals surface area contributed by atoms with E-state index in [4.69, 9.17) is 17.3 Å². The lowest BCUT2D eigenvalue weighted by molar-refractivity contribution is -0.147. The SMILES string of the molecule is NC(Cc1cc(Cl)ccc1Br)C(F)(F)F. The Hall–Kier alpha value is -0.260. The molecule has 0 radical (unpaired) electrons. The minimum Gasteiger partial charge on any atom is -0.320 e. The molecule has 0 amide bonds. The Morgan fingerprint density at radius 2 is 2.00 bits per heavy atom. The van der Waals surface area contributed by atoms with Gasteiger partial charge in [-0.05, 0) is 30.2 Å². The first-order chi connectivity index (χ1) is 6.80. The molecule has 15 heavy (non-hydrogen) atoms. The van der Waals surface area contributed by atoms with Crippen molar-refractivity contribution >= 4 is 27.5 Å². The number of hydrogen-bond acceptors (Lipinski definition) is 1. The molecule has 1 aromatic carbocycles. The molecule has 2 N–H and O–H groups in total. The molecule has 0 spiro atoms.